The van der Waals surface area contributed by atoms with Gasteiger partial charge in [0.1, 0.15) is 0 Å². The number of hydrogen-bond acceptors (Lipinski definition) is 5. The summed E-state index contributed by atoms with van der Waals surface area (Å²) in [6.07, 6.45) is 2.07. The van der Waals surface area contributed by atoms with Crippen LogP contribution in [0.1, 0.15) is 12.8 Å². The molecule has 0 atom stereocenters. The molecule has 1 aromatic carbocycles. The van der Waals surface area contributed by atoms with Gasteiger partial charge in [-0.2, -0.15) is 8.78 Å². The standard InChI is InChI=1S/C15H22F2N2O3S/c16-15(17)23(21,22)14-3-1-13(2-4-14)18-11-12-5-7-19(8-6-12)9-10-20/h1-4,12,15,18,20H,5-11H2. The van der Waals surface area contributed by atoms with Crippen molar-refractivity contribution in [2.45, 2.75) is 23.5 Å². The number of aliphatic hydroxyl groups excluding tert-OH is 1. The number of nitrogens with zero attached hydrogens (tertiary/aromatic N) is 1. The maximum Gasteiger partial charge on any atom is 0.341 e. The van der Waals surface area contributed by atoms with Gasteiger partial charge in [-0.05, 0) is 56.1 Å². The molecule has 0 saturated carbocycles. The molecule has 5 nitrogen and oxygen atoms in total. The van der Waals surface area contributed by atoms with Crippen LogP contribution in [0.15, 0.2) is 29.2 Å². The minimum absolute atomic E-state index is 0.177. The monoisotopic (exact) mass is 348 g/mol. The highest BCUT2D eigenvalue weighted by atomic mass is 32.2. The average Bonchev–Trinajstić information content (AvgIpc) is 2.55. The van der Waals surface area contributed by atoms with Crippen LogP contribution in [0.25, 0.3) is 0 Å². The van der Waals surface area contributed by atoms with Gasteiger partial charge in [-0.25, -0.2) is 8.42 Å². The van der Waals surface area contributed by atoms with E-state index in [1.165, 1.54) is 24.3 Å². The Morgan fingerprint density at radius 3 is 2.35 bits per heavy atom. The van der Waals surface area contributed by atoms with E-state index in [9.17, 15) is 17.2 Å². The Morgan fingerprint density at radius 1 is 1.22 bits per heavy atom. The topological polar surface area (TPSA) is 69.6 Å². The summed E-state index contributed by atoms with van der Waals surface area (Å²) in [4.78, 5) is 1.86. The zero-order valence-corrected chi connectivity index (χ0v) is 13.6. The number of piperidine rings is 1. The highest BCUT2D eigenvalue weighted by molar-refractivity contribution is 7.91. The summed E-state index contributed by atoms with van der Waals surface area (Å²) in [5.74, 6) is -2.89. The predicted octanol–water partition coefficient (Wildman–Crippen LogP) is 1.80. The molecular formula is C15H22F2N2O3S. The van der Waals surface area contributed by atoms with Gasteiger partial charge < -0.3 is 15.3 Å². The number of alkyl halides is 2. The van der Waals surface area contributed by atoms with Gasteiger partial charge in [0.25, 0.3) is 0 Å². The molecule has 2 rings (SSSR count). The zero-order valence-electron chi connectivity index (χ0n) is 12.8. The molecule has 0 aromatic heterocycles. The molecule has 1 aliphatic heterocycles. The van der Waals surface area contributed by atoms with Gasteiger partial charge in [-0.3, -0.25) is 0 Å². The molecule has 1 fully saturated rings. The second-order valence-corrected chi connectivity index (χ2v) is 7.64. The van der Waals surface area contributed by atoms with Crippen molar-refractivity contribution in [2.24, 2.45) is 5.92 Å². The number of β-amino-alcohol motifs (C(OH)–C–C–N with tert-alkyl or cyclic N) is 1. The van der Waals surface area contributed by atoms with Crippen molar-refractivity contribution < 1.29 is 22.3 Å². The summed E-state index contributed by atoms with van der Waals surface area (Å²) >= 11 is 0. The number of nitrogens with one attached hydrogen (secondary N) is 1. The smallest absolute Gasteiger partial charge is 0.341 e. The lowest BCUT2D eigenvalue weighted by Crippen LogP contribution is -2.37. The number of rotatable bonds is 7. The number of likely N-dealkylation sites (tertiary alicyclic amines) is 1. The van der Waals surface area contributed by atoms with Gasteiger partial charge in [-0.1, -0.05) is 0 Å². The molecule has 0 unspecified atom stereocenters. The highest BCUT2D eigenvalue weighted by Crippen LogP contribution is 2.21. The van der Waals surface area contributed by atoms with E-state index in [-0.39, 0.29) is 11.5 Å². The van der Waals surface area contributed by atoms with Gasteiger partial charge >= 0.3 is 5.76 Å². The molecule has 1 aromatic rings. The second kappa shape index (κ2) is 8.03. The maximum absolute atomic E-state index is 12.5. The van der Waals surface area contributed by atoms with Crippen molar-refractivity contribution in [3.8, 4) is 0 Å². The van der Waals surface area contributed by atoms with Crippen LogP contribution in [0.3, 0.4) is 0 Å². The highest BCUT2D eigenvalue weighted by Gasteiger charge is 2.26. The summed E-state index contributed by atoms with van der Waals surface area (Å²) in [7, 11) is -4.53. The fourth-order valence-electron chi connectivity index (χ4n) is 2.68. The summed E-state index contributed by atoms with van der Waals surface area (Å²) in [6, 6.07) is 5.42. The van der Waals surface area contributed by atoms with Crippen LogP contribution in [0.2, 0.25) is 0 Å². The van der Waals surface area contributed by atoms with E-state index in [0.29, 0.717) is 12.5 Å². The lowest BCUT2D eigenvalue weighted by atomic mass is 9.97. The third kappa shape index (κ3) is 4.86. The van der Waals surface area contributed by atoms with E-state index in [1.54, 1.807) is 0 Å². The molecule has 130 valence electrons. The van der Waals surface area contributed by atoms with Crippen LogP contribution in [-0.2, 0) is 9.84 Å². The summed E-state index contributed by atoms with van der Waals surface area (Å²) < 4.78 is 47.6. The minimum atomic E-state index is -4.53. The van der Waals surface area contributed by atoms with Crippen LogP contribution in [0.4, 0.5) is 14.5 Å². The molecule has 0 bridgehead atoms. The van der Waals surface area contributed by atoms with Gasteiger partial charge in [0, 0.05) is 18.8 Å². The van der Waals surface area contributed by atoms with Crippen LogP contribution in [0.5, 0.6) is 0 Å². The van der Waals surface area contributed by atoms with Crippen molar-refractivity contribution in [3.05, 3.63) is 24.3 Å². The maximum atomic E-state index is 12.5. The second-order valence-electron chi connectivity index (χ2n) is 5.72. The Hall–Kier alpha value is -1.25. The lowest BCUT2D eigenvalue weighted by molar-refractivity contribution is 0.151. The number of anilines is 1. The van der Waals surface area contributed by atoms with Crippen LogP contribution in [0, 0.1) is 5.92 Å². The van der Waals surface area contributed by atoms with E-state index < -0.39 is 15.6 Å². The van der Waals surface area contributed by atoms with Crippen molar-refractivity contribution in [2.75, 3.05) is 38.1 Å². The van der Waals surface area contributed by atoms with Gasteiger partial charge in [0.15, 0.2) is 0 Å². The van der Waals surface area contributed by atoms with Crippen molar-refractivity contribution in [1.82, 2.24) is 4.90 Å². The molecule has 0 amide bonds. The first kappa shape index (κ1) is 18.1. The largest absolute Gasteiger partial charge is 0.395 e. The van der Waals surface area contributed by atoms with E-state index in [1.807, 2.05) is 0 Å². The number of hydrogen-bond donors (Lipinski definition) is 2. The Balaban J connectivity index is 1.83. The molecule has 1 heterocycles. The normalized spacial score (nSPS) is 17.6. The molecule has 2 N–H and O–H groups in total. The van der Waals surface area contributed by atoms with Gasteiger partial charge in [0.2, 0.25) is 9.84 Å². The van der Waals surface area contributed by atoms with Gasteiger partial charge in [-0.15, -0.1) is 0 Å². The van der Waals surface area contributed by atoms with Gasteiger partial charge in [0.05, 0.1) is 11.5 Å². The lowest BCUT2D eigenvalue weighted by Gasteiger charge is -2.31. The molecule has 1 aliphatic rings. The third-order valence-corrected chi connectivity index (χ3v) is 5.53. The summed E-state index contributed by atoms with van der Waals surface area (Å²) in [6.45, 7) is 3.56. The molecule has 1 saturated heterocycles. The fraction of sp³-hybridized carbons (Fsp3) is 0.600. The SMILES string of the molecule is O=S(=O)(c1ccc(NCC2CCN(CCO)CC2)cc1)C(F)F. The van der Waals surface area contributed by atoms with E-state index in [4.69, 9.17) is 5.11 Å². The van der Waals surface area contributed by atoms with Crippen LogP contribution in [-0.4, -0.2) is 57.0 Å². The minimum Gasteiger partial charge on any atom is -0.395 e. The Bertz CT molecular complexity index is 585. The third-order valence-electron chi connectivity index (χ3n) is 4.14. The first-order valence-corrected chi connectivity index (χ1v) is 9.17. The Kier molecular flexibility index (Phi) is 6.32. The van der Waals surface area contributed by atoms with Crippen LogP contribution < -0.4 is 5.32 Å². The van der Waals surface area contributed by atoms with E-state index in [2.05, 4.69) is 10.2 Å². The first-order valence-electron chi connectivity index (χ1n) is 7.62. The Labute approximate surface area is 135 Å². The quantitative estimate of drug-likeness (QED) is 0.786. The number of sulfone groups is 1. The zero-order chi connectivity index (χ0) is 16.9. The molecular weight excluding hydrogens is 326 g/mol. The molecule has 0 radical (unpaired) electrons. The summed E-state index contributed by atoms with van der Waals surface area (Å²) in [5, 5.41) is 12.1. The molecule has 8 heteroatoms. The number of halogens is 2. The van der Waals surface area contributed by atoms with Crippen molar-refractivity contribution in [1.29, 1.82) is 0 Å². The first-order chi connectivity index (χ1) is 10.9. The molecule has 0 spiro atoms. The van der Waals surface area contributed by atoms with E-state index >= 15 is 0 Å². The predicted molar refractivity (Wildman–Crippen MR) is 84.4 cm³/mol. The summed E-state index contributed by atoms with van der Waals surface area (Å²) in [5.41, 5.74) is 0.719. The fourth-order valence-corrected chi connectivity index (χ4v) is 3.40. The number of benzene rings is 1. The van der Waals surface area contributed by atoms with Crippen molar-refractivity contribution >= 4 is 15.5 Å². The van der Waals surface area contributed by atoms with Crippen LogP contribution >= 0.6 is 0 Å². The Morgan fingerprint density at radius 2 is 1.83 bits per heavy atom. The van der Waals surface area contributed by atoms with Crippen molar-refractivity contribution in [3.63, 3.8) is 0 Å². The average molecular weight is 348 g/mol. The number of aliphatic hydroxyl groups is 1. The van der Waals surface area contributed by atoms with E-state index in [0.717, 1.165) is 38.2 Å². The molecule has 0 aliphatic carbocycles. The molecule has 23 heavy (non-hydrogen) atoms.